The van der Waals surface area contributed by atoms with E-state index in [4.69, 9.17) is 28.3 Å². The Morgan fingerprint density at radius 1 is 1.20 bits per heavy atom. The minimum Gasteiger partial charge on any atom is -0.392 e. The summed E-state index contributed by atoms with van der Waals surface area (Å²) in [4.78, 5) is 3.70. The van der Waals surface area contributed by atoms with Crippen LogP contribution in [0.15, 0.2) is 41.4 Å². The van der Waals surface area contributed by atoms with Gasteiger partial charge in [-0.25, -0.2) is 13.4 Å². The molecule has 1 heterocycles. The van der Waals surface area contributed by atoms with Crippen molar-refractivity contribution in [3.63, 3.8) is 0 Å². The van der Waals surface area contributed by atoms with Crippen LogP contribution in [0.1, 0.15) is 5.56 Å². The zero-order valence-electron chi connectivity index (χ0n) is 10.0. The van der Waals surface area contributed by atoms with Gasteiger partial charge in [0, 0.05) is 6.20 Å². The summed E-state index contributed by atoms with van der Waals surface area (Å²) in [5.41, 5.74) is 0.432. The van der Waals surface area contributed by atoms with Gasteiger partial charge >= 0.3 is 0 Å². The fourth-order valence-electron chi connectivity index (χ4n) is 1.50. The van der Waals surface area contributed by atoms with Crippen molar-refractivity contribution < 1.29 is 13.5 Å². The Hall–Kier alpha value is -1.34. The van der Waals surface area contributed by atoms with Crippen LogP contribution in [-0.4, -0.2) is 18.5 Å². The van der Waals surface area contributed by atoms with E-state index >= 15 is 0 Å². The summed E-state index contributed by atoms with van der Waals surface area (Å²) in [6.07, 6.45) is 1.41. The molecule has 0 amide bonds. The van der Waals surface area contributed by atoms with Crippen LogP contribution in [0, 0.1) is 0 Å². The number of hydrogen-bond acceptors (Lipinski definition) is 4. The summed E-state index contributed by atoms with van der Waals surface area (Å²) in [5, 5.41) is 9.28. The van der Waals surface area contributed by atoms with Crippen LogP contribution < -0.4 is 4.72 Å². The molecular weight excluding hydrogens is 323 g/mol. The number of aliphatic hydroxyl groups excluding tert-OH is 1. The molecule has 0 fully saturated rings. The van der Waals surface area contributed by atoms with Crippen molar-refractivity contribution in [3.8, 4) is 0 Å². The Balaban J connectivity index is 2.43. The summed E-state index contributed by atoms with van der Waals surface area (Å²) in [5.74, 6) is 0.0136. The predicted molar refractivity (Wildman–Crippen MR) is 77.4 cm³/mol. The summed E-state index contributed by atoms with van der Waals surface area (Å²) in [6, 6.07) is 7.33. The number of anilines is 1. The SMILES string of the molecule is O=S(=O)(Nc1ncccc1Cl)c1cc(CO)ccc1Cl. The number of aromatic nitrogens is 1. The smallest absolute Gasteiger partial charge is 0.264 e. The van der Waals surface area contributed by atoms with Gasteiger partial charge in [0.1, 0.15) is 4.90 Å². The van der Waals surface area contributed by atoms with E-state index in [1.54, 1.807) is 6.07 Å². The van der Waals surface area contributed by atoms with Crippen LogP contribution in [0.2, 0.25) is 10.0 Å². The molecule has 8 heteroatoms. The summed E-state index contributed by atoms with van der Waals surface area (Å²) >= 11 is 11.7. The van der Waals surface area contributed by atoms with Crippen molar-refractivity contribution in [2.24, 2.45) is 0 Å². The minimum absolute atomic E-state index is 0.0136. The van der Waals surface area contributed by atoms with Gasteiger partial charge in [-0.2, -0.15) is 0 Å². The molecule has 1 aromatic heterocycles. The van der Waals surface area contributed by atoms with E-state index in [1.807, 2.05) is 0 Å². The van der Waals surface area contributed by atoms with Gasteiger partial charge in [0.2, 0.25) is 0 Å². The minimum atomic E-state index is -3.94. The third-order valence-corrected chi connectivity index (χ3v) is 4.58. The quantitative estimate of drug-likeness (QED) is 0.902. The normalized spacial score (nSPS) is 11.3. The number of nitrogens with one attached hydrogen (secondary N) is 1. The molecule has 2 N–H and O–H groups in total. The number of benzene rings is 1. The van der Waals surface area contributed by atoms with Crippen molar-refractivity contribution >= 4 is 39.0 Å². The van der Waals surface area contributed by atoms with E-state index in [0.717, 1.165) is 0 Å². The van der Waals surface area contributed by atoms with Gasteiger partial charge in [0.05, 0.1) is 16.7 Å². The van der Waals surface area contributed by atoms with E-state index in [-0.39, 0.29) is 27.4 Å². The standard InChI is InChI=1S/C12H10Cl2N2O3S/c13-9-4-3-8(7-17)6-11(9)20(18,19)16-12-10(14)2-1-5-15-12/h1-6,17H,7H2,(H,15,16). The zero-order chi connectivity index (χ0) is 14.8. The van der Waals surface area contributed by atoms with Crippen LogP contribution in [0.4, 0.5) is 5.82 Å². The molecule has 2 aromatic rings. The molecule has 0 aliphatic heterocycles. The van der Waals surface area contributed by atoms with E-state index in [1.165, 1.54) is 30.5 Å². The largest absolute Gasteiger partial charge is 0.392 e. The van der Waals surface area contributed by atoms with Gasteiger partial charge in [-0.05, 0) is 29.8 Å². The molecular formula is C12H10Cl2N2O3S. The monoisotopic (exact) mass is 332 g/mol. The van der Waals surface area contributed by atoms with Gasteiger partial charge in [-0.1, -0.05) is 29.3 Å². The van der Waals surface area contributed by atoms with Gasteiger partial charge < -0.3 is 5.11 Å². The molecule has 1 aromatic carbocycles. The first-order valence-electron chi connectivity index (χ1n) is 5.46. The van der Waals surface area contributed by atoms with Crippen molar-refractivity contribution in [3.05, 3.63) is 52.1 Å². The zero-order valence-corrected chi connectivity index (χ0v) is 12.4. The number of sulfonamides is 1. The summed E-state index contributed by atoms with van der Waals surface area (Å²) in [7, 11) is -3.94. The van der Waals surface area contributed by atoms with Crippen LogP contribution in [-0.2, 0) is 16.6 Å². The van der Waals surface area contributed by atoms with Crippen molar-refractivity contribution in [2.75, 3.05) is 4.72 Å². The Bertz CT molecular complexity index is 735. The molecule has 0 saturated carbocycles. The van der Waals surface area contributed by atoms with E-state index in [2.05, 4.69) is 9.71 Å². The van der Waals surface area contributed by atoms with Gasteiger partial charge in [0.15, 0.2) is 5.82 Å². The second-order valence-electron chi connectivity index (χ2n) is 3.86. The summed E-state index contributed by atoms with van der Waals surface area (Å²) < 4.78 is 26.8. The number of pyridine rings is 1. The lowest BCUT2D eigenvalue weighted by molar-refractivity contribution is 0.281. The first-order valence-corrected chi connectivity index (χ1v) is 7.70. The second kappa shape index (κ2) is 5.97. The highest BCUT2D eigenvalue weighted by Gasteiger charge is 2.20. The fraction of sp³-hybridized carbons (Fsp3) is 0.0833. The highest BCUT2D eigenvalue weighted by atomic mass is 35.5. The van der Waals surface area contributed by atoms with Crippen LogP contribution in [0.3, 0.4) is 0 Å². The van der Waals surface area contributed by atoms with Gasteiger partial charge in [0.25, 0.3) is 10.0 Å². The fourth-order valence-corrected chi connectivity index (χ4v) is 3.30. The third kappa shape index (κ3) is 3.21. The molecule has 0 atom stereocenters. The highest BCUT2D eigenvalue weighted by Crippen LogP contribution is 2.26. The Labute approximate surface area is 126 Å². The highest BCUT2D eigenvalue weighted by molar-refractivity contribution is 7.92. The molecule has 2 rings (SSSR count). The average molecular weight is 333 g/mol. The molecule has 0 aliphatic carbocycles. The molecule has 0 bridgehead atoms. The van der Waals surface area contributed by atoms with Gasteiger partial charge in [-0.15, -0.1) is 0 Å². The number of rotatable bonds is 4. The Morgan fingerprint density at radius 2 is 1.95 bits per heavy atom. The molecule has 20 heavy (non-hydrogen) atoms. The Kier molecular flexibility index (Phi) is 4.49. The molecule has 0 radical (unpaired) electrons. The maximum atomic E-state index is 12.3. The molecule has 0 saturated heterocycles. The molecule has 0 unspecified atom stereocenters. The molecule has 0 aliphatic rings. The number of aliphatic hydroxyl groups is 1. The second-order valence-corrected chi connectivity index (χ2v) is 6.33. The van der Waals surface area contributed by atoms with Crippen molar-refractivity contribution in [2.45, 2.75) is 11.5 Å². The molecule has 5 nitrogen and oxygen atoms in total. The lowest BCUT2D eigenvalue weighted by Gasteiger charge is -2.10. The number of nitrogens with zero attached hydrogens (tertiary/aromatic N) is 1. The average Bonchev–Trinajstić information content (AvgIpc) is 2.41. The van der Waals surface area contributed by atoms with E-state index < -0.39 is 10.0 Å². The first kappa shape index (κ1) is 15.1. The molecule has 106 valence electrons. The predicted octanol–water partition coefficient (Wildman–Crippen LogP) is 2.68. The van der Waals surface area contributed by atoms with Crippen LogP contribution in [0.25, 0.3) is 0 Å². The molecule has 0 spiro atoms. The maximum absolute atomic E-state index is 12.3. The van der Waals surface area contributed by atoms with Crippen molar-refractivity contribution in [1.82, 2.24) is 4.98 Å². The number of halogens is 2. The lowest BCUT2D eigenvalue weighted by Crippen LogP contribution is -2.15. The topological polar surface area (TPSA) is 79.3 Å². The van der Waals surface area contributed by atoms with Crippen LogP contribution in [0.5, 0.6) is 0 Å². The first-order chi connectivity index (χ1) is 9.44. The number of hydrogen-bond donors (Lipinski definition) is 2. The lowest BCUT2D eigenvalue weighted by atomic mass is 10.2. The maximum Gasteiger partial charge on any atom is 0.264 e. The Morgan fingerprint density at radius 3 is 2.60 bits per heavy atom. The van der Waals surface area contributed by atoms with Gasteiger partial charge in [-0.3, -0.25) is 4.72 Å². The van der Waals surface area contributed by atoms with Crippen LogP contribution >= 0.6 is 23.2 Å². The van der Waals surface area contributed by atoms with Crippen molar-refractivity contribution in [1.29, 1.82) is 0 Å². The van der Waals surface area contributed by atoms with E-state index in [0.29, 0.717) is 5.56 Å². The summed E-state index contributed by atoms with van der Waals surface area (Å²) in [6.45, 7) is -0.288. The van der Waals surface area contributed by atoms with E-state index in [9.17, 15) is 8.42 Å². The third-order valence-electron chi connectivity index (χ3n) is 2.46.